The van der Waals surface area contributed by atoms with Crippen LogP contribution in [0.15, 0.2) is 51.5 Å². The maximum absolute atomic E-state index is 13.7. The third kappa shape index (κ3) is 4.39. The Bertz CT molecular complexity index is 1130. The lowest BCUT2D eigenvalue weighted by molar-refractivity contribution is -0.123. The van der Waals surface area contributed by atoms with E-state index in [9.17, 15) is 13.2 Å². The number of hydrogen-bond donors (Lipinski definition) is 1. The maximum atomic E-state index is 13.7. The van der Waals surface area contributed by atoms with Crippen molar-refractivity contribution in [1.29, 1.82) is 0 Å². The molecular formula is C28H40N2O3S. The molecule has 0 aliphatic heterocycles. The molecule has 0 saturated heterocycles. The molecule has 0 spiro atoms. The van der Waals surface area contributed by atoms with E-state index in [1.807, 2.05) is 0 Å². The van der Waals surface area contributed by atoms with Crippen LogP contribution in [0, 0.1) is 23.2 Å². The van der Waals surface area contributed by atoms with Gasteiger partial charge in [-0.25, -0.2) is 12.7 Å². The fraction of sp³-hybridized carbons (Fsp3) is 0.607. The molecule has 34 heavy (non-hydrogen) atoms. The first-order valence-corrected chi connectivity index (χ1v) is 14.2. The van der Waals surface area contributed by atoms with Gasteiger partial charge >= 0.3 is 0 Å². The van der Waals surface area contributed by atoms with Crippen LogP contribution in [0.5, 0.6) is 0 Å². The number of benzene rings is 1. The van der Waals surface area contributed by atoms with E-state index in [4.69, 9.17) is 0 Å². The van der Waals surface area contributed by atoms with E-state index in [1.165, 1.54) is 42.4 Å². The van der Waals surface area contributed by atoms with E-state index in [-0.39, 0.29) is 10.8 Å². The molecule has 1 N–H and O–H groups in total. The van der Waals surface area contributed by atoms with Crippen molar-refractivity contribution in [2.45, 2.75) is 77.5 Å². The average Bonchev–Trinajstić information content (AvgIpc) is 2.80. The number of sulfonamides is 1. The number of fused-ring (bicyclic) bond motifs is 1. The zero-order chi connectivity index (χ0) is 24.8. The Morgan fingerprint density at radius 2 is 1.76 bits per heavy atom. The standard InChI is InChI=1S/C28H40N2O3S/c1-18(2)20-7-13-24-21(17-20)8-14-25-26(24)19(3)15-16-28(25,4)27(31)29-22-9-11-23(12-10-22)34(32,33)30(5)6/h9-12,18-20H,7-8,13-17H2,1-6H3,(H,29,31)/t19-,20-,28-/m0/s1. The van der Waals surface area contributed by atoms with Crippen LogP contribution < -0.4 is 5.32 Å². The zero-order valence-corrected chi connectivity index (χ0v) is 22.4. The summed E-state index contributed by atoms with van der Waals surface area (Å²) in [5.74, 6) is 2.04. The Balaban J connectivity index is 1.60. The molecule has 3 atom stereocenters. The van der Waals surface area contributed by atoms with Gasteiger partial charge in [-0.15, -0.1) is 0 Å². The van der Waals surface area contributed by atoms with Crippen LogP contribution in [0.4, 0.5) is 5.69 Å². The largest absolute Gasteiger partial charge is 0.325 e. The minimum atomic E-state index is -3.49. The van der Waals surface area contributed by atoms with Gasteiger partial charge in [-0.05, 0) is 105 Å². The number of nitrogens with one attached hydrogen (secondary N) is 1. The molecule has 0 aromatic heterocycles. The lowest BCUT2D eigenvalue weighted by atomic mass is 9.59. The van der Waals surface area contributed by atoms with Crippen LogP contribution in [-0.4, -0.2) is 32.7 Å². The molecule has 3 aliphatic rings. The first-order chi connectivity index (χ1) is 15.9. The van der Waals surface area contributed by atoms with E-state index in [0.717, 1.165) is 43.9 Å². The summed E-state index contributed by atoms with van der Waals surface area (Å²) in [4.78, 5) is 13.9. The van der Waals surface area contributed by atoms with Gasteiger partial charge in [0.2, 0.25) is 15.9 Å². The van der Waals surface area contributed by atoms with E-state index in [0.29, 0.717) is 11.6 Å². The molecule has 1 aromatic carbocycles. The summed E-state index contributed by atoms with van der Waals surface area (Å²) in [5.41, 5.74) is 6.17. The number of amides is 1. The number of rotatable bonds is 5. The summed E-state index contributed by atoms with van der Waals surface area (Å²) in [7, 11) is -0.458. The lowest BCUT2D eigenvalue weighted by Gasteiger charge is -2.45. The molecule has 0 saturated carbocycles. The van der Waals surface area contributed by atoms with Crippen LogP contribution in [-0.2, 0) is 14.8 Å². The first kappa shape index (κ1) is 25.2. The normalized spacial score (nSPS) is 27.6. The zero-order valence-electron chi connectivity index (χ0n) is 21.6. The minimum absolute atomic E-state index is 0.0232. The number of carbonyl (C=O) groups is 1. The Morgan fingerprint density at radius 1 is 1.09 bits per heavy atom. The van der Waals surface area contributed by atoms with Crippen LogP contribution in [0.3, 0.4) is 0 Å². The number of allylic oxidation sites excluding steroid dienone is 3. The molecule has 5 nitrogen and oxygen atoms in total. The topological polar surface area (TPSA) is 66.5 Å². The molecule has 0 heterocycles. The molecule has 3 aliphatic carbocycles. The van der Waals surface area contributed by atoms with Crippen molar-refractivity contribution in [2.75, 3.05) is 19.4 Å². The van der Waals surface area contributed by atoms with E-state index in [1.54, 1.807) is 35.4 Å². The second-order valence-electron chi connectivity index (χ2n) is 11.3. The van der Waals surface area contributed by atoms with Gasteiger partial charge in [0, 0.05) is 19.8 Å². The monoisotopic (exact) mass is 484 g/mol. The van der Waals surface area contributed by atoms with Gasteiger partial charge in [-0.1, -0.05) is 31.9 Å². The van der Waals surface area contributed by atoms with Gasteiger partial charge in [0.25, 0.3) is 0 Å². The highest BCUT2D eigenvalue weighted by Crippen LogP contribution is 2.54. The van der Waals surface area contributed by atoms with Gasteiger partial charge in [-0.2, -0.15) is 0 Å². The molecular weight excluding hydrogens is 444 g/mol. The van der Waals surface area contributed by atoms with Crippen molar-refractivity contribution in [3.63, 3.8) is 0 Å². The predicted octanol–water partition coefficient (Wildman–Crippen LogP) is 6.15. The number of hydrogen-bond acceptors (Lipinski definition) is 3. The van der Waals surface area contributed by atoms with Crippen LogP contribution in [0.2, 0.25) is 0 Å². The summed E-state index contributed by atoms with van der Waals surface area (Å²) < 4.78 is 25.9. The summed E-state index contributed by atoms with van der Waals surface area (Å²) in [5, 5.41) is 3.10. The molecule has 6 heteroatoms. The van der Waals surface area contributed by atoms with Crippen LogP contribution >= 0.6 is 0 Å². The second kappa shape index (κ2) is 9.27. The Labute approximate surface area is 205 Å². The first-order valence-electron chi connectivity index (χ1n) is 12.7. The fourth-order valence-electron chi connectivity index (χ4n) is 6.20. The van der Waals surface area contributed by atoms with Crippen LogP contribution in [0.1, 0.15) is 72.6 Å². The summed E-state index contributed by atoms with van der Waals surface area (Å²) in [6.07, 6.45) is 7.57. The maximum Gasteiger partial charge on any atom is 0.242 e. The van der Waals surface area contributed by atoms with Gasteiger partial charge in [0.05, 0.1) is 10.3 Å². The fourth-order valence-corrected chi connectivity index (χ4v) is 7.10. The number of anilines is 1. The summed E-state index contributed by atoms with van der Waals surface area (Å²) in [6, 6.07) is 6.50. The molecule has 1 aromatic rings. The quantitative estimate of drug-likeness (QED) is 0.545. The van der Waals surface area contributed by atoms with Crippen molar-refractivity contribution in [3.8, 4) is 0 Å². The number of nitrogens with zero attached hydrogens (tertiary/aromatic N) is 1. The van der Waals surface area contributed by atoms with E-state index < -0.39 is 15.4 Å². The van der Waals surface area contributed by atoms with Crippen LogP contribution in [0.25, 0.3) is 0 Å². The Kier molecular flexibility index (Phi) is 6.87. The molecule has 186 valence electrons. The molecule has 0 bridgehead atoms. The van der Waals surface area contributed by atoms with E-state index >= 15 is 0 Å². The highest BCUT2D eigenvalue weighted by molar-refractivity contribution is 7.89. The van der Waals surface area contributed by atoms with Crippen molar-refractivity contribution in [3.05, 3.63) is 46.6 Å². The smallest absolute Gasteiger partial charge is 0.242 e. The van der Waals surface area contributed by atoms with Gasteiger partial charge in [0.1, 0.15) is 0 Å². The third-order valence-electron chi connectivity index (χ3n) is 8.60. The summed E-state index contributed by atoms with van der Waals surface area (Å²) >= 11 is 0. The molecule has 4 rings (SSSR count). The molecule has 0 radical (unpaired) electrons. The van der Waals surface area contributed by atoms with Gasteiger partial charge in [0.15, 0.2) is 0 Å². The van der Waals surface area contributed by atoms with Gasteiger partial charge < -0.3 is 5.32 Å². The van der Waals surface area contributed by atoms with Gasteiger partial charge in [-0.3, -0.25) is 4.79 Å². The van der Waals surface area contributed by atoms with Crippen molar-refractivity contribution in [1.82, 2.24) is 4.31 Å². The number of carbonyl (C=O) groups excluding carboxylic acids is 1. The van der Waals surface area contributed by atoms with E-state index in [2.05, 4.69) is 33.0 Å². The highest BCUT2D eigenvalue weighted by atomic mass is 32.2. The Hall–Kier alpha value is -1.92. The second-order valence-corrected chi connectivity index (χ2v) is 13.4. The minimum Gasteiger partial charge on any atom is -0.325 e. The highest BCUT2D eigenvalue weighted by Gasteiger charge is 2.45. The van der Waals surface area contributed by atoms with Crippen molar-refractivity contribution >= 4 is 21.6 Å². The predicted molar refractivity (Wildman–Crippen MR) is 138 cm³/mol. The molecule has 1 amide bonds. The van der Waals surface area contributed by atoms with Crippen molar-refractivity contribution < 1.29 is 13.2 Å². The summed E-state index contributed by atoms with van der Waals surface area (Å²) in [6.45, 7) is 9.13. The Morgan fingerprint density at radius 3 is 2.38 bits per heavy atom. The molecule has 0 fully saturated rings. The third-order valence-corrected chi connectivity index (χ3v) is 10.4. The van der Waals surface area contributed by atoms with Crippen molar-refractivity contribution in [2.24, 2.45) is 23.2 Å². The lowest BCUT2D eigenvalue weighted by Crippen LogP contribution is -2.41. The average molecular weight is 485 g/mol. The SMILES string of the molecule is CC(C)[C@H]1CCC2=C(CCC3=C2[C@@H](C)CC[C@]3(C)C(=O)Nc2ccc(S(=O)(=O)N(C)C)cc2)C1. The molecule has 0 unspecified atom stereocenters.